The van der Waals surface area contributed by atoms with Crippen LogP contribution in [-0.2, 0) is 16.1 Å². The highest BCUT2D eigenvalue weighted by Crippen LogP contribution is 2.34. The van der Waals surface area contributed by atoms with E-state index < -0.39 is 12.0 Å². The topological polar surface area (TPSA) is 83.0 Å². The van der Waals surface area contributed by atoms with Crippen LogP contribution in [0.25, 0.3) is 17.4 Å². The molecule has 7 nitrogen and oxygen atoms in total. The van der Waals surface area contributed by atoms with Gasteiger partial charge in [-0.3, -0.25) is 9.36 Å². The molecule has 1 atom stereocenters. The number of allylic oxidation sites excluding steroid dienone is 1. The van der Waals surface area contributed by atoms with Gasteiger partial charge in [0.2, 0.25) is 0 Å². The standard InChI is InChI=1S/C34H25BrCl2N2O5S/c1-3-42-33(41)30-19(2)38-34-39(31(30)28-15-14-27(44-28)21-6-9-23(35)10-7-21)32(40)29(45-34)16-20-4-12-25(13-5-20)43-18-22-8-11-24(36)17-26(22)37/h4-17,31H,3,18H2,1-2H3/b29-16-/t31-/m0/s1. The van der Waals surface area contributed by atoms with Crippen LogP contribution in [0.4, 0.5) is 0 Å². The number of hydrogen-bond donors (Lipinski definition) is 0. The lowest BCUT2D eigenvalue weighted by Crippen LogP contribution is -2.39. The van der Waals surface area contributed by atoms with Gasteiger partial charge in [0.25, 0.3) is 5.56 Å². The maximum Gasteiger partial charge on any atom is 0.338 e. The molecule has 5 aromatic rings. The fourth-order valence-corrected chi connectivity index (χ4v) is 6.72. The van der Waals surface area contributed by atoms with Crippen molar-refractivity contribution in [2.24, 2.45) is 4.99 Å². The molecule has 0 N–H and O–H groups in total. The van der Waals surface area contributed by atoms with Crippen LogP contribution in [0.5, 0.6) is 5.75 Å². The Bertz CT molecular complexity index is 2120. The number of carbonyl (C=O) groups excluding carboxylic acids is 1. The molecule has 3 aromatic carbocycles. The zero-order chi connectivity index (χ0) is 31.7. The van der Waals surface area contributed by atoms with Gasteiger partial charge in [0, 0.05) is 25.6 Å². The Morgan fingerprint density at radius 1 is 1.07 bits per heavy atom. The third kappa shape index (κ3) is 6.58. The summed E-state index contributed by atoms with van der Waals surface area (Å²) < 4.78 is 20.5. The summed E-state index contributed by atoms with van der Waals surface area (Å²) in [6.07, 6.45) is 1.79. The van der Waals surface area contributed by atoms with E-state index in [2.05, 4.69) is 20.9 Å². The Morgan fingerprint density at radius 3 is 2.53 bits per heavy atom. The van der Waals surface area contributed by atoms with Gasteiger partial charge in [0.05, 0.1) is 22.4 Å². The Kier molecular flexibility index (Phi) is 9.14. The lowest BCUT2D eigenvalue weighted by atomic mass is 10.0. The fourth-order valence-electron chi connectivity index (χ4n) is 4.94. The van der Waals surface area contributed by atoms with Gasteiger partial charge >= 0.3 is 5.97 Å². The Morgan fingerprint density at radius 2 is 1.82 bits per heavy atom. The molecule has 0 radical (unpaired) electrons. The van der Waals surface area contributed by atoms with E-state index in [9.17, 15) is 9.59 Å². The van der Waals surface area contributed by atoms with Crippen LogP contribution in [0.15, 0.2) is 109 Å². The zero-order valence-corrected chi connectivity index (χ0v) is 28.0. The molecule has 0 saturated carbocycles. The first kappa shape index (κ1) is 31.1. The SMILES string of the molecule is CCOC(=O)C1=C(C)N=c2s/c(=C\c3ccc(OCc4ccc(Cl)cc4Cl)cc3)c(=O)n2[C@H]1c1ccc(-c2ccc(Br)cc2)o1. The van der Waals surface area contributed by atoms with Crippen LogP contribution in [0, 0.1) is 0 Å². The molecule has 0 bridgehead atoms. The van der Waals surface area contributed by atoms with E-state index in [1.807, 2.05) is 60.7 Å². The first-order valence-corrected chi connectivity index (χ1v) is 16.3. The summed E-state index contributed by atoms with van der Waals surface area (Å²) in [6.45, 7) is 3.94. The molecule has 1 aliphatic rings. The number of ether oxygens (including phenoxy) is 2. The van der Waals surface area contributed by atoms with Crippen molar-refractivity contribution < 1.29 is 18.7 Å². The van der Waals surface area contributed by atoms with E-state index in [-0.39, 0.29) is 24.3 Å². The minimum atomic E-state index is -0.845. The molecule has 2 aromatic heterocycles. The van der Waals surface area contributed by atoms with E-state index >= 15 is 0 Å². The summed E-state index contributed by atoms with van der Waals surface area (Å²) >= 11 is 16.9. The lowest BCUT2D eigenvalue weighted by molar-refractivity contribution is -0.139. The Labute approximate surface area is 280 Å². The van der Waals surface area contributed by atoms with Crippen LogP contribution in [0.1, 0.15) is 36.8 Å². The van der Waals surface area contributed by atoms with Crippen molar-refractivity contribution in [1.82, 2.24) is 4.57 Å². The van der Waals surface area contributed by atoms with Gasteiger partial charge in [-0.05, 0) is 74.0 Å². The first-order chi connectivity index (χ1) is 21.7. The van der Waals surface area contributed by atoms with Gasteiger partial charge in [-0.15, -0.1) is 0 Å². The van der Waals surface area contributed by atoms with Gasteiger partial charge < -0.3 is 13.9 Å². The van der Waals surface area contributed by atoms with Crippen LogP contribution in [0.3, 0.4) is 0 Å². The van der Waals surface area contributed by atoms with Crippen molar-refractivity contribution in [3.05, 3.63) is 141 Å². The number of benzene rings is 3. The second kappa shape index (κ2) is 13.2. The van der Waals surface area contributed by atoms with E-state index in [4.69, 9.17) is 37.1 Å². The normalized spacial score (nSPS) is 14.7. The van der Waals surface area contributed by atoms with Gasteiger partial charge in [0.1, 0.15) is 29.9 Å². The number of fused-ring (bicyclic) bond motifs is 1. The monoisotopic (exact) mass is 722 g/mol. The number of rotatable bonds is 8. The van der Waals surface area contributed by atoms with E-state index in [0.29, 0.717) is 42.3 Å². The number of carbonyl (C=O) groups is 1. The maximum absolute atomic E-state index is 13.9. The summed E-state index contributed by atoms with van der Waals surface area (Å²) in [7, 11) is 0. The maximum atomic E-state index is 13.9. The second-order valence-corrected chi connectivity index (χ2v) is 12.9. The first-order valence-electron chi connectivity index (χ1n) is 13.9. The van der Waals surface area contributed by atoms with Crippen LogP contribution < -0.4 is 19.6 Å². The largest absolute Gasteiger partial charge is 0.489 e. The number of esters is 1. The van der Waals surface area contributed by atoms with Crippen LogP contribution in [0.2, 0.25) is 10.0 Å². The minimum Gasteiger partial charge on any atom is -0.489 e. The molecule has 228 valence electrons. The van der Waals surface area contributed by atoms with Crippen molar-refractivity contribution in [3.8, 4) is 17.1 Å². The van der Waals surface area contributed by atoms with Crippen molar-refractivity contribution >= 4 is 62.5 Å². The van der Waals surface area contributed by atoms with Gasteiger partial charge in [0.15, 0.2) is 4.80 Å². The number of hydrogen-bond acceptors (Lipinski definition) is 7. The molecule has 0 aliphatic carbocycles. The highest BCUT2D eigenvalue weighted by Gasteiger charge is 2.35. The number of halogens is 3. The quantitative estimate of drug-likeness (QED) is 0.153. The molecule has 1 aliphatic heterocycles. The zero-order valence-electron chi connectivity index (χ0n) is 24.1. The molecular weight excluding hydrogens is 699 g/mol. The number of furan rings is 1. The van der Waals surface area contributed by atoms with Crippen molar-refractivity contribution in [2.75, 3.05) is 6.61 Å². The van der Waals surface area contributed by atoms with Crippen molar-refractivity contribution in [2.45, 2.75) is 26.5 Å². The molecular formula is C34H25BrCl2N2O5S. The molecule has 6 rings (SSSR count). The van der Waals surface area contributed by atoms with E-state index in [1.54, 1.807) is 38.1 Å². The molecule has 0 fully saturated rings. The van der Waals surface area contributed by atoms with Crippen LogP contribution in [-0.4, -0.2) is 17.1 Å². The van der Waals surface area contributed by atoms with Crippen LogP contribution >= 0.6 is 50.5 Å². The van der Waals surface area contributed by atoms with Gasteiger partial charge in [-0.1, -0.05) is 80.8 Å². The summed E-state index contributed by atoms with van der Waals surface area (Å²) in [5, 5.41) is 1.10. The Balaban J connectivity index is 1.34. The van der Waals surface area contributed by atoms with E-state index in [1.165, 1.54) is 15.9 Å². The predicted octanol–water partition coefficient (Wildman–Crippen LogP) is 7.71. The molecule has 0 saturated heterocycles. The predicted molar refractivity (Wildman–Crippen MR) is 179 cm³/mol. The summed E-state index contributed by atoms with van der Waals surface area (Å²) in [5.74, 6) is 1.14. The third-order valence-electron chi connectivity index (χ3n) is 7.13. The molecule has 0 amide bonds. The second-order valence-electron chi connectivity index (χ2n) is 10.1. The molecule has 3 heterocycles. The summed E-state index contributed by atoms with van der Waals surface area (Å²) in [5.41, 5.74) is 2.91. The Hall–Kier alpha value is -3.89. The number of aromatic nitrogens is 1. The lowest BCUT2D eigenvalue weighted by Gasteiger charge is -2.22. The minimum absolute atomic E-state index is 0.182. The molecule has 0 spiro atoms. The van der Waals surface area contributed by atoms with E-state index in [0.717, 1.165) is 21.2 Å². The summed E-state index contributed by atoms with van der Waals surface area (Å²) in [4.78, 5) is 32.2. The van der Waals surface area contributed by atoms with Gasteiger partial charge in [-0.2, -0.15) is 0 Å². The summed E-state index contributed by atoms with van der Waals surface area (Å²) in [6, 6.07) is 23.1. The average molecular weight is 724 g/mol. The number of thiazole rings is 1. The van der Waals surface area contributed by atoms with Crippen molar-refractivity contribution in [1.29, 1.82) is 0 Å². The smallest absolute Gasteiger partial charge is 0.338 e. The molecule has 45 heavy (non-hydrogen) atoms. The molecule has 0 unspecified atom stereocenters. The highest BCUT2D eigenvalue weighted by atomic mass is 79.9. The highest BCUT2D eigenvalue weighted by molar-refractivity contribution is 9.10. The fraction of sp³-hybridized carbons (Fsp3) is 0.147. The average Bonchev–Trinajstić information content (AvgIpc) is 3.62. The third-order valence-corrected chi connectivity index (χ3v) is 9.23. The molecule has 11 heteroatoms. The van der Waals surface area contributed by atoms with Gasteiger partial charge in [-0.25, -0.2) is 9.79 Å². The van der Waals surface area contributed by atoms with Crippen molar-refractivity contribution in [3.63, 3.8) is 0 Å². The number of nitrogens with zero attached hydrogens (tertiary/aromatic N) is 2.